The first-order valence-corrected chi connectivity index (χ1v) is 8.24. The van der Waals surface area contributed by atoms with Crippen LogP contribution in [0.1, 0.15) is 6.42 Å². The van der Waals surface area contributed by atoms with Crippen molar-refractivity contribution in [3.05, 3.63) is 46.2 Å². The average molecular weight is 298 g/mol. The van der Waals surface area contributed by atoms with Gasteiger partial charge < -0.3 is 10.3 Å². The molecule has 2 rings (SSSR count). The van der Waals surface area contributed by atoms with Gasteiger partial charge in [0.25, 0.3) is 5.56 Å². The molecular formula is C12H14N2O3S2. The molecule has 0 aliphatic carbocycles. The van der Waals surface area contributed by atoms with Crippen molar-refractivity contribution < 1.29 is 8.42 Å². The Morgan fingerprint density at radius 3 is 2.74 bits per heavy atom. The first-order chi connectivity index (χ1) is 8.99. The second kappa shape index (κ2) is 5.58. The number of hydrogen-bond donors (Lipinski definition) is 1. The molecule has 5 nitrogen and oxygen atoms in total. The van der Waals surface area contributed by atoms with Gasteiger partial charge in [-0.3, -0.25) is 4.79 Å². The van der Waals surface area contributed by atoms with E-state index < -0.39 is 9.84 Å². The summed E-state index contributed by atoms with van der Waals surface area (Å²) in [4.78, 5) is 11.5. The van der Waals surface area contributed by atoms with E-state index in [0.29, 0.717) is 22.9 Å². The predicted molar refractivity (Wildman–Crippen MR) is 76.1 cm³/mol. The van der Waals surface area contributed by atoms with Crippen LogP contribution in [0.5, 0.6) is 0 Å². The molecule has 2 aromatic heterocycles. The van der Waals surface area contributed by atoms with Gasteiger partial charge in [0.15, 0.2) is 9.84 Å². The molecule has 2 heterocycles. The highest BCUT2D eigenvalue weighted by Gasteiger charge is 2.14. The largest absolute Gasteiger partial charge is 0.398 e. The second-order valence-corrected chi connectivity index (χ2v) is 7.38. The van der Waals surface area contributed by atoms with Crippen molar-refractivity contribution in [1.82, 2.24) is 4.57 Å². The number of nitrogens with two attached hydrogens (primary N) is 1. The normalized spacial score (nSPS) is 11.6. The van der Waals surface area contributed by atoms with Gasteiger partial charge in [0.2, 0.25) is 0 Å². The maximum atomic E-state index is 11.9. The van der Waals surface area contributed by atoms with Crippen LogP contribution in [0.2, 0.25) is 0 Å². The van der Waals surface area contributed by atoms with E-state index >= 15 is 0 Å². The van der Waals surface area contributed by atoms with E-state index in [1.54, 1.807) is 17.5 Å². The molecule has 0 bridgehead atoms. The van der Waals surface area contributed by atoms with Crippen molar-refractivity contribution in [2.45, 2.75) is 17.2 Å². The summed E-state index contributed by atoms with van der Waals surface area (Å²) in [6, 6.07) is 6.21. The monoisotopic (exact) mass is 298 g/mol. The summed E-state index contributed by atoms with van der Waals surface area (Å²) in [5.41, 5.74) is 5.89. The Labute approximate surface area is 115 Å². The third-order valence-corrected chi connectivity index (χ3v) is 5.91. The minimum atomic E-state index is -3.24. The van der Waals surface area contributed by atoms with Crippen molar-refractivity contribution in [2.24, 2.45) is 0 Å². The van der Waals surface area contributed by atoms with E-state index in [4.69, 9.17) is 5.73 Å². The maximum Gasteiger partial charge on any atom is 0.250 e. The standard InChI is InChI=1S/C12H14N2O3S2/c13-10-4-5-11(15)14(9-10)6-2-8-19(16,17)12-3-1-7-18-12/h1,3-5,7,9H,2,6,8,13H2. The molecule has 0 saturated heterocycles. The van der Waals surface area contributed by atoms with Gasteiger partial charge in [-0.25, -0.2) is 8.42 Å². The molecule has 0 unspecified atom stereocenters. The summed E-state index contributed by atoms with van der Waals surface area (Å²) in [6.07, 6.45) is 1.91. The molecule has 0 aliphatic heterocycles. The number of nitrogen functional groups attached to an aromatic ring is 1. The minimum Gasteiger partial charge on any atom is -0.398 e. The van der Waals surface area contributed by atoms with Crippen LogP contribution in [-0.2, 0) is 16.4 Å². The predicted octanol–water partition coefficient (Wildman–Crippen LogP) is 1.36. The topological polar surface area (TPSA) is 82.2 Å². The van der Waals surface area contributed by atoms with Gasteiger partial charge in [-0.15, -0.1) is 11.3 Å². The maximum absolute atomic E-state index is 11.9. The molecule has 0 aromatic carbocycles. The molecule has 7 heteroatoms. The molecule has 0 amide bonds. The zero-order chi connectivity index (χ0) is 13.9. The molecule has 0 fully saturated rings. The SMILES string of the molecule is Nc1ccc(=O)n(CCCS(=O)(=O)c2cccs2)c1. The Morgan fingerprint density at radius 1 is 1.26 bits per heavy atom. The number of sulfone groups is 1. The van der Waals surface area contributed by atoms with Crippen LogP contribution in [0, 0.1) is 0 Å². The Hall–Kier alpha value is -1.60. The Kier molecular flexibility index (Phi) is 4.06. The first-order valence-electron chi connectivity index (χ1n) is 5.71. The number of pyridine rings is 1. The molecule has 0 radical (unpaired) electrons. The van der Waals surface area contributed by atoms with E-state index in [-0.39, 0.29) is 11.3 Å². The van der Waals surface area contributed by atoms with Gasteiger partial charge in [0, 0.05) is 24.5 Å². The van der Waals surface area contributed by atoms with E-state index in [1.165, 1.54) is 34.2 Å². The lowest BCUT2D eigenvalue weighted by atomic mass is 10.4. The molecular weight excluding hydrogens is 284 g/mol. The van der Waals surface area contributed by atoms with Crippen molar-refractivity contribution in [3.8, 4) is 0 Å². The number of anilines is 1. The average Bonchev–Trinajstić information content (AvgIpc) is 2.88. The van der Waals surface area contributed by atoms with Crippen LogP contribution in [0.25, 0.3) is 0 Å². The summed E-state index contributed by atoms with van der Waals surface area (Å²) < 4.78 is 25.7. The fourth-order valence-electron chi connectivity index (χ4n) is 1.69. The smallest absolute Gasteiger partial charge is 0.250 e. The Morgan fingerprint density at radius 2 is 2.05 bits per heavy atom. The van der Waals surface area contributed by atoms with E-state index in [1.807, 2.05) is 0 Å². The van der Waals surface area contributed by atoms with Gasteiger partial charge in [-0.2, -0.15) is 0 Å². The Bertz CT molecular complexity index is 703. The number of aryl methyl sites for hydroxylation is 1. The highest BCUT2D eigenvalue weighted by molar-refractivity contribution is 7.93. The number of thiophene rings is 1. The van der Waals surface area contributed by atoms with Crippen LogP contribution in [0.3, 0.4) is 0 Å². The van der Waals surface area contributed by atoms with E-state index in [9.17, 15) is 13.2 Å². The lowest BCUT2D eigenvalue weighted by Gasteiger charge is -2.06. The second-order valence-electron chi connectivity index (χ2n) is 4.10. The Balaban J connectivity index is 2.01. The highest BCUT2D eigenvalue weighted by Crippen LogP contribution is 2.18. The third-order valence-electron chi connectivity index (χ3n) is 2.62. The molecule has 2 N–H and O–H groups in total. The first kappa shape index (κ1) is 13.8. The molecule has 0 saturated carbocycles. The van der Waals surface area contributed by atoms with Crippen molar-refractivity contribution in [1.29, 1.82) is 0 Å². The van der Waals surface area contributed by atoms with Crippen LogP contribution in [0.4, 0.5) is 5.69 Å². The molecule has 0 atom stereocenters. The van der Waals surface area contributed by atoms with E-state index in [2.05, 4.69) is 0 Å². The summed E-state index contributed by atoms with van der Waals surface area (Å²) in [5.74, 6) is 0.0226. The van der Waals surface area contributed by atoms with Crippen molar-refractivity contribution >= 4 is 26.9 Å². The lowest BCUT2D eigenvalue weighted by Crippen LogP contribution is -2.20. The summed E-state index contributed by atoms with van der Waals surface area (Å²) in [5, 5.41) is 1.73. The summed E-state index contributed by atoms with van der Waals surface area (Å²) in [7, 11) is -3.24. The minimum absolute atomic E-state index is 0.0226. The summed E-state index contributed by atoms with van der Waals surface area (Å²) in [6.45, 7) is 0.342. The summed E-state index contributed by atoms with van der Waals surface area (Å²) >= 11 is 1.21. The van der Waals surface area contributed by atoms with Gasteiger partial charge in [0.05, 0.1) is 5.75 Å². The molecule has 0 aliphatic rings. The lowest BCUT2D eigenvalue weighted by molar-refractivity contribution is 0.586. The molecule has 0 spiro atoms. The van der Waals surface area contributed by atoms with Crippen molar-refractivity contribution in [2.75, 3.05) is 11.5 Å². The third kappa shape index (κ3) is 3.45. The number of aromatic nitrogens is 1. The quantitative estimate of drug-likeness (QED) is 0.903. The van der Waals surface area contributed by atoms with Gasteiger partial charge >= 0.3 is 0 Å². The van der Waals surface area contributed by atoms with Crippen LogP contribution >= 0.6 is 11.3 Å². The van der Waals surface area contributed by atoms with Crippen LogP contribution in [0.15, 0.2) is 44.8 Å². The number of hydrogen-bond acceptors (Lipinski definition) is 5. The van der Waals surface area contributed by atoms with E-state index in [0.717, 1.165) is 0 Å². The fraction of sp³-hybridized carbons (Fsp3) is 0.250. The molecule has 2 aromatic rings. The number of nitrogens with zero attached hydrogens (tertiary/aromatic N) is 1. The van der Waals surface area contributed by atoms with Crippen molar-refractivity contribution in [3.63, 3.8) is 0 Å². The number of rotatable bonds is 5. The van der Waals surface area contributed by atoms with Gasteiger partial charge in [0.1, 0.15) is 4.21 Å². The molecule has 102 valence electrons. The van der Waals surface area contributed by atoms with Gasteiger partial charge in [-0.1, -0.05) is 6.07 Å². The van der Waals surface area contributed by atoms with Gasteiger partial charge in [-0.05, 0) is 23.9 Å². The zero-order valence-electron chi connectivity index (χ0n) is 10.2. The fourth-order valence-corrected chi connectivity index (χ4v) is 4.14. The van der Waals surface area contributed by atoms with Crippen LogP contribution in [-0.4, -0.2) is 18.7 Å². The van der Waals surface area contributed by atoms with Crippen LogP contribution < -0.4 is 11.3 Å². The zero-order valence-corrected chi connectivity index (χ0v) is 11.8. The highest BCUT2D eigenvalue weighted by atomic mass is 32.2. The molecule has 19 heavy (non-hydrogen) atoms.